The minimum absolute atomic E-state index is 0.0637. The normalized spacial score (nSPS) is 14.0. The van der Waals surface area contributed by atoms with Crippen molar-refractivity contribution in [3.8, 4) is 0 Å². The van der Waals surface area contributed by atoms with Crippen molar-refractivity contribution in [1.82, 2.24) is 5.32 Å². The van der Waals surface area contributed by atoms with Crippen LogP contribution in [0.5, 0.6) is 0 Å². The molecule has 0 aliphatic rings. The second kappa shape index (κ2) is 52.8. The van der Waals surface area contributed by atoms with Gasteiger partial charge >= 0.3 is 7.82 Å². The van der Waals surface area contributed by atoms with E-state index in [0.717, 1.165) is 38.5 Å². The van der Waals surface area contributed by atoms with E-state index in [0.29, 0.717) is 17.4 Å². The molecular weight excluding hydrogens is 888 g/mol. The van der Waals surface area contributed by atoms with Crippen LogP contribution in [0.15, 0.2) is 24.3 Å². The van der Waals surface area contributed by atoms with Crippen LogP contribution in [0.1, 0.15) is 309 Å². The van der Waals surface area contributed by atoms with Gasteiger partial charge in [-0.25, -0.2) is 4.57 Å². The molecule has 9 heteroatoms. The van der Waals surface area contributed by atoms with Gasteiger partial charge in [0.15, 0.2) is 0 Å². The third-order valence-corrected chi connectivity index (χ3v) is 15.1. The molecule has 0 aromatic heterocycles. The van der Waals surface area contributed by atoms with Crippen molar-refractivity contribution in [3.05, 3.63) is 24.3 Å². The molecule has 0 aromatic carbocycles. The summed E-state index contributed by atoms with van der Waals surface area (Å²) in [5.74, 6) is -0.172. The van der Waals surface area contributed by atoms with E-state index >= 15 is 0 Å². The molecule has 0 heterocycles. The molecule has 416 valence electrons. The molecule has 0 aliphatic heterocycles. The lowest BCUT2D eigenvalue weighted by atomic mass is 10.0. The van der Waals surface area contributed by atoms with Gasteiger partial charge in [-0.15, -0.1) is 0 Å². The lowest BCUT2D eigenvalue weighted by Gasteiger charge is -2.25. The van der Waals surface area contributed by atoms with Crippen molar-refractivity contribution in [2.45, 2.75) is 321 Å². The summed E-state index contributed by atoms with van der Waals surface area (Å²) in [6, 6.07) is -0.844. The first-order chi connectivity index (χ1) is 34.0. The van der Waals surface area contributed by atoms with Gasteiger partial charge in [-0.3, -0.25) is 13.8 Å². The number of hydrogen-bond acceptors (Lipinski definition) is 5. The highest BCUT2D eigenvalue weighted by Gasteiger charge is 2.27. The minimum Gasteiger partial charge on any atom is -0.387 e. The Labute approximate surface area is 436 Å². The fraction of sp³-hybridized carbons (Fsp3) is 0.918. The van der Waals surface area contributed by atoms with Crippen LogP contribution in [0.3, 0.4) is 0 Å². The number of carbonyl (C=O) groups is 1. The molecule has 0 radical (unpaired) electrons. The third kappa shape index (κ3) is 54.7. The molecule has 3 unspecified atom stereocenters. The summed E-state index contributed by atoms with van der Waals surface area (Å²) in [5.41, 5.74) is 0. The van der Waals surface area contributed by atoms with E-state index in [2.05, 4.69) is 31.3 Å². The summed E-state index contributed by atoms with van der Waals surface area (Å²) in [5, 5.41) is 14.0. The number of nitrogens with one attached hydrogen (secondary N) is 1. The summed E-state index contributed by atoms with van der Waals surface area (Å²) in [7, 11) is 1.59. The molecule has 0 saturated heterocycles. The van der Waals surface area contributed by atoms with Gasteiger partial charge in [0.2, 0.25) is 5.91 Å². The van der Waals surface area contributed by atoms with Gasteiger partial charge in [0.1, 0.15) is 13.2 Å². The second-order valence-corrected chi connectivity index (χ2v) is 23.9. The highest BCUT2D eigenvalue weighted by molar-refractivity contribution is 7.47. The van der Waals surface area contributed by atoms with Gasteiger partial charge < -0.3 is 19.8 Å². The predicted octanol–water partition coefficient (Wildman–Crippen LogP) is 18.8. The van der Waals surface area contributed by atoms with Crippen LogP contribution in [0.25, 0.3) is 0 Å². The zero-order valence-electron chi connectivity index (χ0n) is 47.5. The number of phosphoric ester groups is 1. The number of quaternary nitrogens is 1. The van der Waals surface area contributed by atoms with E-state index in [1.165, 1.54) is 250 Å². The molecule has 0 aromatic rings. The lowest BCUT2D eigenvalue weighted by molar-refractivity contribution is -0.870. The van der Waals surface area contributed by atoms with E-state index in [-0.39, 0.29) is 19.1 Å². The lowest BCUT2D eigenvalue weighted by Crippen LogP contribution is -2.45. The molecule has 1 amide bonds. The number of nitrogens with zero attached hydrogens (tertiary/aromatic N) is 1. The monoisotopic (exact) mass is 1010 g/mol. The topological polar surface area (TPSA) is 105 Å². The smallest absolute Gasteiger partial charge is 0.387 e. The Bertz CT molecular complexity index is 1190. The molecule has 70 heavy (non-hydrogen) atoms. The number of hydrogen-bond donors (Lipinski definition) is 3. The Morgan fingerprint density at radius 3 is 1.10 bits per heavy atom. The number of phosphoric acid groups is 1. The van der Waals surface area contributed by atoms with Gasteiger partial charge in [0, 0.05) is 6.42 Å². The maximum absolute atomic E-state index is 13.0. The molecule has 0 spiro atoms. The first-order valence-electron chi connectivity index (χ1n) is 30.7. The fourth-order valence-electron chi connectivity index (χ4n) is 9.33. The van der Waals surface area contributed by atoms with Crippen LogP contribution in [0.2, 0.25) is 0 Å². The van der Waals surface area contributed by atoms with Crippen LogP contribution < -0.4 is 5.32 Å². The summed E-state index contributed by atoms with van der Waals surface area (Å²) >= 11 is 0. The molecular formula is C61H122N2O6P+. The summed E-state index contributed by atoms with van der Waals surface area (Å²) in [6.45, 7) is 4.86. The van der Waals surface area contributed by atoms with Crippen molar-refractivity contribution in [2.24, 2.45) is 0 Å². The van der Waals surface area contributed by atoms with Crippen molar-refractivity contribution < 1.29 is 32.9 Å². The van der Waals surface area contributed by atoms with Crippen LogP contribution in [-0.4, -0.2) is 73.4 Å². The van der Waals surface area contributed by atoms with Gasteiger partial charge in [0.25, 0.3) is 0 Å². The molecule has 0 rings (SSSR count). The van der Waals surface area contributed by atoms with Gasteiger partial charge in [-0.05, 0) is 44.9 Å². The number of likely N-dealkylation sites (N-methyl/N-ethyl adjacent to an activating group) is 1. The van der Waals surface area contributed by atoms with Crippen molar-refractivity contribution in [3.63, 3.8) is 0 Å². The largest absolute Gasteiger partial charge is 0.472 e. The SMILES string of the molecule is CCCCCCCCCCCCCC/C=C\CCCCCCCCCCCCCCCCC(=O)NC(COP(=O)(O)OCC[N+](C)(C)C)C(O)/C=C/CCCCCCCCCCCCCCCCCC. The summed E-state index contributed by atoms with van der Waals surface area (Å²) < 4.78 is 23.7. The molecule has 0 saturated carbocycles. The Hall–Kier alpha value is -1.02. The average molecular weight is 1010 g/mol. The number of carbonyl (C=O) groups excluding carboxylic acids is 1. The van der Waals surface area contributed by atoms with E-state index in [4.69, 9.17) is 9.05 Å². The highest BCUT2D eigenvalue weighted by atomic mass is 31.2. The number of aliphatic hydroxyl groups excluding tert-OH is 1. The first kappa shape index (κ1) is 69.0. The van der Waals surface area contributed by atoms with Crippen molar-refractivity contribution >= 4 is 13.7 Å². The van der Waals surface area contributed by atoms with Gasteiger partial charge in [0.05, 0.1) is 39.9 Å². The molecule has 3 N–H and O–H groups in total. The summed E-state index contributed by atoms with van der Waals surface area (Å²) in [6.07, 6.45) is 67.2. The van der Waals surface area contributed by atoms with Crippen LogP contribution in [0, 0.1) is 0 Å². The van der Waals surface area contributed by atoms with Crippen molar-refractivity contribution in [1.29, 1.82) is 0 Å². The van der Waals surface area contributed by atoms with Crippen molar-refractivity contribution in [2.75, 3.05) is 40.9 Å². The van der Waals surface area contributed by atoms with Gasteiger partial charge in [-0.1, -0.05) is 282 Å². The second-order valence-electron chi connectivity index (χ2n) is 22.4. The standard InChI is InChI=1S/C61H121N2O6P/c1-6-8-10-12-14-16-18-20-22-24-26-27-28-29-30-31-32-33-34-35-36-37-39-41-43-45-47-49-51-53-55-61(65)62-59(58-69-70(66,67)68-57-56-63(3,4)5)60(64)54-52-50-48-46-44-42-40-38-25-23-21-19-17-15-13-11-9-7-2/h29-30,52,54,59-60,64H,6-28,31-51,53,55-58H2,1-5H3,(H-,62,65,66,67)/p+1/b30-29-,54-52+. The van der Waals surface area contributed by atoms with E-state index in [1.807, 2.05) is 27.2 Å². The minimum atomic E-state index is -4.34. The first-order valence-corrected chi connectivity index (χ1v) is 32.2. The zero-order valence-corrected chi connectivity index (χ0v) is 48.4. The quantitative estimate of drug-likeness (QED) is 0.0243. The number of rotatable bonds is 57. The Morgan fingerprint density at radius 1 is 0.471 bits per heavy atom. The van der Waals surface area contributed by atoms with E-state index in [9.17, 15) is 19.4 Å². The van der Waals surface area contributed by atoms with Crippen LogP contribution in [0.4, 0.5) is 0 Å². The Balaban J connectivity index is 4.08. The van der Waals surface area contributed by atoms with E-state index < -0.39 is 20.0 Å². The summed E-state index contributed by atoms with van der Waals surface area (Å²) in [4.78, 5) is 23.3. The predicted molar refractivity (Wildman–Crippen MR) is 305 cm³/mol. The fourth-order valence-corrected chi connectivity index (χ4v) is 10.1. The van der Waals surface area contributed by atoms with Crippen LogP contribution in [-0.2, 0) is 18.4 Å². The molecule has 0 fully saturated rings. The number of amides is 1. The molecule has 0 aliphatic carbocycles. The third-order valence-electron chi connectivity index (χ3n) is 14.2. The number of unbranched alkanes of at least 4 members (excludes halogenated alkanes) is 42. The highest BCUT2D eigenvalue weighted by Crippen LogP contribution is 2.43. The zero-order chi connectivity index (χ0) is 51.3. The molecule has 3 atom stereocenters. The van der Waals surface area contributed by atoms with Gasteiger partial charge in [-0.2, -0.15) is 0 Å². The Kier molecular flexibility index (Phi) is 52.1. The van der Waals surface area contributed by atoms with E-state index in [1.54, 1.807) is 6.08 Å². The molecule has 0 bridgehead atoms. The maximum atomic E-state index is 13.0. The maximum Gasteiger partial charge on any atom is 0.472 e. The number of aliphatic hydroxyl groups is 1. The Morgan fingerprint density at radius 2 is 0.771 bits per heavy atom. The molecule has 8 nitrogen and oxygen atoms in total. The van der Waals surface area contributed by atoms with Crippen LogP contribution >= 0.6 is 7.82 Å². The average Bonchev–Trinajstić information content (AvgIpc) is 3.32. The number of allylic oxidation sites excluding steroid dienone is 3.